The van der Waals surface area contributed by atoms with E-state index in [-0.39, 0.29) is 0 Å². The largest absolute Gasteiger partial charge is 0.469 e. The summed E-state index contributed by atoms with van der Waals surface area (Å²) in [7, 11) is 0. The van der Waals surface area contributed by atoms with E-state index in [9.17, 15) is 0 Å². The zero-order valence-electron chi connectivity index (χ0n) is 10.8. The third kappa shape index (κ3) is 3.10. The van der Waals surface area contributed by atoms with Crippen molar-refractivity contribution in [2.24, 2.45) is 0 Å². The molecule has 0 bridgehead atoms. The van der Waals surface area contributed by atoms with Crippen LogP contribution in [0.25, 0.3) is 0 Å². The molecule has 1 heterocycles. The van der Waals surface area contributed by atoms with E-state index in [2.05, 4.69) is 45.5 Å². The summed E-state index contributed by atoms with van der Waals surface area (Å²) in [5, 5.41) is 3.60. The van der Waals surface area contributed by atoms with Gasteiger partial charge in [-0.05, 0) is 42.5 Å². The number of rotatable bonds is 5. The van der Waals surface area contributed by atoms with E-state index in [0.717, 1.165) is 18.7 Å². The molecule has 0 saturated heterocycles. The second kappa shape index (κ2) is 5.93. The lowest BCUT2D eigenvalue weighted by molar-refractivity contribution is 0.290. The fourth-order valence-corrected chi connectivity index (χ4v) is 3.31. The van der Waals surface area contributed by atoms with E-state index in [1.807, 2.05) is 12.1 Å². The van der Waals surface area contributed by atoms with E-state index in [1.54, 1.807) is 6.26 Å². The Morgan fingerprint density at radius 2 is 2.00 bits per heavy atom. The van der Waals surface area contributed by atoms with E-state index >= 15 is 0 Å². The van der Waals surface area contributed by atoms with Gasteiger partial charge >= 0.3 is 0 Å². The maximum atomic E-state index is 5.33. The Hall–Kier alpha value is -1.06. The minimum absolute atomic E-state index is 0.659. The first-order valence-corrected chi connectivity index (χ1v) is 7.62. The van der Waals surface area contributed by atoms with E-state index in [1.165, 1.54) is 22.9 Å². The highest BCUT2D eigenvalue weighted by atomic mass is 79.9. The van der Waals surface area contributed by atoms with Gasteiger partial charge in [-0.25, -0.2) is 0 Å². The normalized spacial score (nSPS) is 22.2. The number of halogens is 1. The Morgan fingerprint density at radius 1 is 1.16 bits per heavy atom. The molecule has 1 saturated carbocycles. The van der Waals surface area contributed by atoms with Gasteiger partial charge in [0, 0.05) is 23.5 Å². The molecule has 1 fully saturated rings. The van der Waals surface area contributed by atoms with Gasteiger partial charge in [-0.1, -0.05) is 34.1 Å². The van der Waals surface area contributed by atoms with E-state index < -0.39 is 0 Å². The molecule has 1 aliphatic rings. The molecule has 2 aromatic rings. The summed E-state index contributed by atoms with van der Waals surface area (Å²) in [5.41, 5.74) is 1.45. The van der Waals surface area contributed by atoms with Crippen LogP contribution in [0.2, 0.25) is 0 Å². The van der Waals surface area contributed by atoms with Crippen LogP contribution < -0.4 is 5.32 Å². The van der Waals surface area contributed by atoms with Gasteiger partial charge in [0.15, 0.2) is 0 Å². The summed E-state index contributed by atoms with van der Waals surface area (Å²) >= 11 is 3.64. The molecule has 19 heavy (non-hydrogen) atoms. The third-order valence-electron chi connectivity index (χ3n) is 3.87. The summed E-state index contributed by atoms with van der Waals surface area (Å²) in [6.07, 6.45) is 5.19. The maximum Gasteiger partial charge on any atom is 0.105 e. The molecule has 0 amide bonds. The molecule has 1 aromatic heterocycles. The molecule has 0 aliphatic heterocycles. The van der Waals surface area contributed by atoms with E-state index in [4.69, 9.17) is 4.42 Å². The first-order valence-electron chi connectivity index (χ1n) is 6.83. The monoisotopic (exact) mass is 319 g/mol. The van der Waals surface area contributed by atoms with Crippen molar-refractivity contribution in [2.75, 3.05) is 6.54 Å². The summed E-state index contributed by atoms with van der Waals surface area (Å²) in [4.78, 5) is 0. The molecule has 0 atom stereocenters. The Labute approximate surface area is 122 Å². The Kier molecular flexibility index (Phi) is 4.04. The van der Waals surface area contributed by atoms with E-state index in [0.29, 0.717) is 12.0 Å². The lowest BCUT2D eigenvalue weighted by atomic mass is 9.76. The first-order chi connectivity index (χ1) is 9.33. The molecule has 1 aromatic carbocycles. The number of hydrogen-bond acceptors (Lipinski definition) is 2. The number of furan rings is 1. The van der Waals surface area contributed by atoms with Crippen molar-refractivity contribution in [3.05, 3.63) is 58.5 Å². The SMILES string of the molecule is Brc1ccccc1C1CC(NCCc2ccco2)C1. The van der Waals surface area contributed by atoms with Gasteiger partial charge in [-0.15, -0.1) is 0 Å². The van der Waals surface area contributed by atoms with Crippen LogP contribution in [0.1, 0.15) is 30.1 Å². The van der Waals surface area contributed by atoms with Crippen LogP contribution in [0.15, 0.2) is 51.6 Å². The standard InChI is InChI=1S/C16H18BrNO/c17-16-6-2-1-5-15(16)12-10-13(11-12)18-8-7-14-4-3-9-19-14/h1-6,9,12-13,18H,7-8,10-11H2. The zero-order valence-corrected chi connectivity index (χ0v) is 12.4. The van der Waals surface area contributed by atoms with Crippen LogP contribution in [0.4, 0.5) is 0 Å². The van der Waals surface area contributed by atoms with Crippen LogP contribution in [-0.2, 0) is 6.42 Å². The second-order valence-corrected chi connectivity index (χ2v) is 6.02. The highest BCUT2D eigenvalue weighted by Gasteiger charge is 2.30. The Morgan fingerprint density at radius 3 is 2.74 bits per heavy atom. The smallest absolute Gasteiger partial charge is 0.105 e. The van der Waals surface area contributed by atoms with Crippen LogP contribution in [0.3, 0.4) is 0 Å². The molecular formula is C16H18BrNO. The first kappa shape index (κ1) is 12.9. The average Bonchev–Trinajstić information content (AvgIpc) is 2.87. The highest BCUT2D eigenvalue weighted by molar-refractivity contribution is 9.10. The van der Waals surface area contributed by atoms with Crippen molar-refractivity contribution in [3.63, 3.8) is 0 Å². The summed E-state index contributed by atoms with van der Waals surface area (Å²) in [6.45, 7) is 1.00. The van der Waals surface area contributed by atoms with Gasteiger partial charge in [-0.3, -0.25) is 0 Å². The van der Waals surface area contributed by atoms with Gasteiger partial charge in [-0.2, -0.15) is 0 Å². The number of nitrogens with one attached hydrogen (secondary N) is 1. The molecule has 1 N–H and O–H groups in total. The number of benzene rings is 1. The average molecular weight is 320 g/mol. The Balaban J connectivity index is 1.42. The van der Waals surface area contributed by atoms with Gasteiger partial charge in [0.05, 0.1) is 6.26 Å². The Bertz CT molecular complexity index is 517. The predicted molar refractivity (Wildman–Crippen MR) is 80.3 cm³/mol. The molecule has 100 valence electrons. The maximum absolute atomic E-state index is 5.33. The molecule has 1 aliphatic carbocycles. The van der Waals surface area contributed by atoms with Crippen molar-refractivity contribution in [2.45, 2.75) is 31.2 Å². The van der Waals surface area contributed by atoms with Gasteiger partial charge in [0.2, 0.25) is 0 Å². The van der Waals surface area contributed by atoms with Crippen LogP contribution in [0.5, 0.6) is 0 Å². The molecule has 0 spiro atoms. The van der Waals surface area contributed by atoms with Gasteiger partial charge in [0.1, 0.15) is 5.76 Å². The van der Waals surface area contributed by atoms with Crippen molar-refractivity contribution < 1.29 is 4.42 Å². The van der Waals surface area contributed by atoms with Crippen molar-refractivity contribution in [1.29, 1.82) is 0 Å². The fraction of sp³-hybridized carbons (Fsp3) is 0.375. The van der Waals surface area contributed by atoms with Crippen LogP contribution in [-0.4, -0.2) is 12.6 Å². The van der Waals surface area contributed by atoms with Crippen molar-refractivity contribution in [3.8, 4) is 0 Å². The molecule has 0 unspecified atom stereocenters. The van der Waals surface area contributed by atoms with Gasteiger partial charge in [0.25, 0.3) is 0 Å². The zero-order chi connectivity index (χ0) is 13.1. The topological polar surface area (TPSA) is 25.2 Å². The minimum atomic E-state index is 0.659. The lowest BCUT2D eigenvalue weighted by Gasteiger charge is -2.37. The summed E-state index contributed by atoms with van der Waals surface area (Å²) in [6, 6.07) is 13.2. The number of hydrogen-bond donors (Lipinski definition) is 1. The third-order valence-corrected chi connectivity index (χ3v) is 4.59. The molecule has 0 radical (unpaired) electrons. The molecule has 3 heteroatoms. The van der Waals surface area contributed by atoms with Crippen LogP contribution in [0, 0.1) is 0 Å². The van der Waals surface area contributed by atoms with Crippen LogP contribution >= 0.6 is 15.9 Å². The second-order valence-electron chi connectivity index (χ2n) is 5.17. The molecular weight excluding hydrogens is 302 g/mol. The summed E-state index contributed by atoms with van der Waals surface area (Å²) in [5.74, 6) is 1.77. The van der Waals surface area contributed by atoms with Crippen molar-refractivity contribution >= 4 is 15.9 Å². The quantitative estimate of drug-likeness (QED) is 0.896. The summed E-state index contributed by atoms with van der Waals surface area (Å²) < 4.78 is 6.57. The predicted octanol–water partition coefficient (Wildman–Crippen LogP) is 4.12. The van der Waals surface area contributed by atoms with Crippen molar-refractivity contribution in [1.82, 2.24) is 5.32 Å². The lowest BCUT2D eigenvalue weighted by Crippen LogP contribution is -2.41. The minimum Gasteiger partial charge on any atom is -0.469 e. The molecule has 3 rings (SSSR count). The fourth-order valence-electron chi connectivity index (χ4n) is 2.70. The highest BCUT2D eigenvalue weighted by Crippen LogP contribution is 2.39. The molecule has 2 nitrogen and oxygen atoms in total. The van der Waals surface area contributed by atoms with Gasteiger partial charge < -0.3 is 9.73 Å².